The monoisotopic (exact) mass is 290 g/mol. The van der Waals surface area contributed by atoms with E-state index in [2.05, 4.69) is 5.32 Å². The fourth-order valence-corrected chi connectivity index (χ4v) is 1.97. The highest BCUT2D eigenvalue weighted by Gasteiger charge is 2.12. The summed E-state index contributed by atoms with van der Waals surface area (Å²) in [6, 6.07) is 6.10. The summed E-state index contributed by atoms with van der Waals surface area (Å²) in [5, 5.41) is 3.21. The van der Waals surface area contributed by atoms with Crippen LogP contribution < -0.4 is 10.7 Å². The van der Waals surface area contributed by atoms with Gasteiger partial charge in [-0.3, -0.25) is 4.79 Å². The molecule has 0 aliphatic rings. The Kier molecular flexibility index (Phi) is 4.94. The van der Waals surface area contributed by atoms with Crippen molar-refractivity contribution in [2.45, 2.75) is 6.92 Å². The Morgan fingerprint density at radius 1 is 1.38 bits per heavy atom. The second-order valence-corrected chi connectivity index (χ2v) is 4.50. The maximum atomic E-state index is 12.1. The molecule has 1 aromatic heterocycles. The zero-order chi connectivity index (χ0) is 15.2. The predicted octanol–water partition coefficient (Wildman–Crippen LogP) is 2.29. The van der Waals surface area contributed by atoms with Crippen molar-refractivity contribution in [3.8, 4) is 0 Å². The number of amides is 2. The number of carbonyl (C=O) groups is 1. The molecule has 2 rings (SSSR count). The standard InChI is InChI=1S/C15H18N2O4/c1-3-17(7-9-20-2)15(19)16-11-4-5-14-12(10-11)13(18)6-8-21-14/h4-6,8,10H,3,7,9H2,1-2H3,(H,16,19). The van der Waals surface area contributed by atoms with Crippen LogP contribution in [0.2, 0.25) is 0 Å². The fourth-order valence-electron chi connectivity index (χ4n) is 1.97. The highest BCUT2D eigenvalue weighted by Crippen LogP contribution is 2.16. The first-order chi connectivity index (χ1) is 10.2. The van der Waals surface area contributed by atoms with Gasteiger partial charge in [0.1, 0.15) is 5.58 Å². The van der Waals surface area contributed by atoms with Crippen molar-refractivity contribution in [1.29, 1.82) is 0 Å². The zero-order valence-corrected chi connectivity index (χ0v) is 12.1. The van der Waals surface area contributed by atoms with Gasteiger partial charge in [-0.2, -0.15) is 0 Å². The van der Waals surface area contributed by atoms with Crippen LogP contribution in [0.3, 0.4) is 0 Å². The van der Waals surface area contributed by atoms with E-state index in [4.69, 9.17) is 9.15 Å². The Labute approximate surface area is 122 Å². The van der Waals surface area contributed by atoms with E-state index in [-0.39, 0.29) is 11.5 Å². The molecular weight excluding hydrogens is 272 g/mol. The van der Waals surface area contributed by atoms with Crippen molar-refractivity contribution >= 4 is 22.7 Å². The molecule has 0 saturated carbocycles. The molecule has 0 saturated heterocycles. The molecule has 21 heavy (non-hydrogen) atoms. The molecule has 6 nitrogen and oxygen atoms in total. The van der Waals surface area contributed by atoms with Crippen LogP contribution in [0.4, 0.5) is 10.5 Å². The number of nitrogens with zero attached hydrogens (tertiary/aromatic N) is 1. The Morgan fingerprint density at radius 2 is 2.19 bits per heavy atom. The van der Waals surface area contributed by atoms with Crippen LogP contribution in [0.5, 0.6) is 0 Å². The summed E-state index contributed by atoms with van der Waals surface area (Å²) in [5.41, 5.74) is 0.910. The molecule has 6 heteroatoms. The zero-order valence-electron chi connectivity index (χ0n) is 12.1. The molecule has 0 unspecified atom stereocenters. The van der Waals surface area contributed by atoms with E-state index in [1.165, 1.54) is 12.3 Å². The lowest BCUT2D eigenvalue weighted by Gasteiger charge is -2.20. The van der Waals surface area contributed by atoms with Crippen LogP contribution in [-0.4, -0.2) is 37.7 Å². The maximum Gasteiger partial charge on any atom is 0.321 e. The minimum atomic E-state index is -0.228. The number of methoxy groups -OCH3 is 1. The number of fused-ring (bicyclic) bond motifs is 1. The second-order valence-electron chi connectivity index (χ2n) is 4.50. The van der Waals surface area contributed by atoms with E-state index in [1.54, 1.807) is 30.2 Å². The average Bonchev–Trinajstić information content (AvgIpc) is 2.49. The van der Waals surface area contributed by atoms with E-state index >= 15 is 0 Å². The number of nitrogens with one attached hydrogen (secondary N) is 1. The van der Waals surface area contributed by atoms with Gasteiger partial charge in [0.05, 0.1) is 18.3 Å². The number of hydrogen-bond donors (Lipinski definition) is 1. The molecule has 0 atom stereocenters. The molecular formula is C15H18N2O4. The summed E-state index contributed by atoms with van der Waals surface area (Å²) in [4.78, 5) is 25.5. The lowest BCUT2D eigenvalue weighted by molar-refractivity contribution is 0.157. The van der Waals surface area contributed by atoms with Gasteiger partial charge in [-0.15, -0.1) is 0 Å². The van der Waals surface area contributed by atoms with Crippen molar-refractivity contribution in [2.24, 2.45) is 0 Å². The minimum Gasteiger partial charge on any atom is -0.464 e. The van der Waals surface area contributed by atoms with Gasteiger partial charge < -0.3 is 19.4 Å². The lowest BCUT2D eigenvalue weighted by Crippen LogP contribution is -2.37. The summed E-state index contributed by atoms with van der Waals surface area (Å²) < 4.78 is 10.2. The maximum absolute atomic E-state index is 12.1. The SMILES string of the molecule is CCN(CCOC)C(=O)Nc1ccc2occc(=O)c2c1. The van der Waals surface area contributed by atoms with Crippen molar-refractivity contribution in [2.75, 3.05) is 32.1 Å². The number of hydrogen-bond acceptors (Lipinski definition) is 4. The van der Waals surface area contributed by atoms with Crippen LogP contribution in [0.15, 0.2) is 39.7 Å². The summed E-state index contributed by atoms with van der Waals surface area (Å²) >= 11 is 0. The van der Waals surface area contributed by atoms with E-state index in [9.17, 15) is 9.59 Å². The van der Waals surface area contributed by atoms with Gasteiger partial charge in [-0.25, -0.2) is 4.79 Å². The number of urea groups is 1. The second kappa shape index (κ2) is 6.90. The average molecular weight is 290 g/mol. The smallest absolute Gasteiger partial charge is 0.321 e. The van der Waals surface area contributed by atoms with E-state index in [0.717, 1.165) is 0 Å². The first-order valence-corrected chi connectivity index (χ1v) is 6.72. The minimum absolute atomic E-state index is 0.140. The largest absolute Gasteiger partial charge is 0.464 e. The Morgan fingerprint density at radius 3 is 2.90 bits per heavy atom. The van der Waals surface area contributed by atoms with Crippen LogP contribution in [-0.2, 0) is 4.74 Å². The third-order valence-electron chi connectivity index (χ3n) is 3.14. The molecule has 2 amide bonds. The molecule has 0 spiro atoms. The highest BCUT2D eigenvalue weighted by molar-refractivity contribution is 5.92. The van der Waals surface area contributed by atoms with E-state index < -0.39 is 0 Å². The predicted molar refractivity (Wildman–Crippen MR) is 80.6 cm³/mol. The molecule has 1 heterocycles. The molecule has 1 N–H and O–H groups in total. The van der Waals surface area contributed by atoms with Gasteiger partial charge in [0.25, 0.3) is 0 Å². The van der Waals surface area contributed by atoms with Crippen molar-refractivity contribution in [3.63, 3.8) is 0 Å². The van der Waals surface area contributed by atoms with Gasteiger partial charge in [-0.05, 0) is 25.1 Å². The van der Waals surface area contributed by atoms with Gasteiger partial charge in [-0.1, -0.05) is 0 Å². The number of carbonyl (C=O) groups excluding carboxylic acids is 1. The number of anilines is 1. The molecule has 2 aromatic rings. The van der Waals surface area contributed by atoms with Crippen molar-refractivity contribution in [3.05, 3.63) is 40.8 Å². The van der Waals surface area contributed by atoms with Gasteiger partial charge in [0, 0.05) is 32.0 Å². The number of ether oxygens (including phenoxy) is 1. The van der Waals surface area contributed by atoms with Gasteiger partial charge in [0.2, 0.25) is 0 Å². The van der Waals surface area contributed by atoms with Crippen molar-refractivity contribution in [1.82, 2.24) is 4.90 Å². The van der Waals surface area contributed by atoms with E-state index in [0.29, 0.717) is 36.4 Å². The Hall–Kier alpha value is -2.34. The molecule has 0 aliphatic heterocycles. The molecule has 0 fully saturated rings. The summed E-state index contributed by atoms with van der Waals surface area (Å²) in [6.07, 6.45) is 1.35. The fraction of sp³-hybridized carbons (Fsp3) is 0.333. The Balaban J connectivity index is 2.17. The quantitative estimate of drug-likeness (QED) is 0.917. The van der Waals surface area contributed by atoms with Crippen LogP contribution >= 0.6 is 0 Å². The lowest BCUT2D eigenvalue weighted by atomic mass is 10.2. The van der Waals surface area contributed by atoms with Crippen LogP contribution in [0, 0.1) is 0 Å². The van der Waals surface area contributed by atoms with Gasteiger partial charge in [0.15, 0.2) is 5.43 Å². The first kappa shape index (κ1) is 15.1. The molecule has 0 radical (unpaired) electrons. The molecule has 1 aromatic carbocycles. The molecule has 112 valence electrons. The van der Waals surface area contributed by atoms with Crippen LogP contribution in [0.25, 0.3) is 11.0 Å². The van der Waals surface area contributed by atoms with Crippen LogP contribution in [0.1, 0.15) is 6.92 Å². The van der Waals surface area contributed by atoms with E-state index in [1.807, 2.05) is 6.92 Å². The third kappa shape index (κ3) is 3.61. The number of benzene rings is 1. The number of likely N-dealkylation sites (N-methyl/N-ethyl adjacent to an activating group) is 1. The Bertz CT molecular complexity index is 681. The summed E-state index contributed by atoms with van der Waals surface area (Å²) in [5.74, 6) is 0. The summed E-state index contributed by atoms with van der Waals surface area (Å²) in [7, 11) is 1.59. The topological polar surface area (TPSA) is 71.8 Å². The summed E-state index contributed by atoms with van der Waals surface area (Å²) in [6.45, 7) is 3.45. The third-order valence-corrected chi connectivity index (χ3v) is 3.14. The van der Waals surface area contributed by atoms with Crippen molar-refractivity contribution < 1.29 is 13.9 Å². The normalized spacial score (nSPS) is 10.6. The highest BCUT2D eigenvalue weighted by atomic mass is 16.5. The molecule has 0 aliphatic carbocycles. The van der Waals surface area contributed by atoms with Gasteiger partial charge >= 0.3 is 6.03 Å². The molecule has 0 bridgehead atoms. The first-order valence-electron chi connectivity index (χ1n) is 6.72. The number of rotatable bonds is 5.